The molecule has 3 aromatic carbocycles. The van der Waals surface area contributed by atoms with Crippen LogP contribution in [0.15, 0.2) is 78.9 Å². The lowest BCUT2D eigenvalue weighted by molar-refractivity contribution is -0.141. The Morgan fingerprint density at radius 2 is 1.57 bits per heavy atom. The predicted octanol–water partition coefficient (Wildman–Crippen LogP) is 5.89. The fourth-order valence-corrected chi connectivity index (χ4v) is 4.91. The highest BCUT2D eigenvalue weighted by molar-refractivity contribution is 6.31. The number of carbonyl (C=O) groups excluding carboxylic acids is 2. The number of rotatable bonds is 9. The Balaban J connectivity index is 1.66. The Hall–Kier alpha value is -3.11. The molecule has 1 aliphatic rings. The summed E-state index contributed by atoms with van der Waals surface area (Å²) in [5.41, 5.74) is 3.93. The molecule has 5 heteroatoms. The van der Waals surface area contributed by atoms with Crippen molar-refractivity contribution in [2.45, 2.75) is 64.1 Å². The van der Waals surface area contributed by atoms with Gasteiger partial charge in [0.25, 0.3) is 0 Å². The molecule has 1 N–H and O–H groups in total. The fraction of sp³-hybridized carbons (Fsp3) is 0.333. The highest BCUT2D eigenvalue weighted by Gasteiger charge is 2.32. The van der Waals surface area contributed by atoms with E-state index in [4.69, 9.17) is 11.6 Å². The Bertz CT molecular complexity index is 1120. The summed E-state index contributed by atoms with van der Waals surface area (Å²) in [5, 5.41) is 3.83. The quantitative estimate of drug-likeness (QED) is 0.408. The van der Waals surface area contributed by atoms with E-state index in [2.05, 4.69) is 5.32 Å². The molecule has 0 heterocycles. The van der Waals surface area contributed by atoms with Gasteiger partial charge in [0.05, 0.1) is 6.42 Å². The summed E-state index contributed by atoms with van der Waals surface area (Å²) in [4.78, 5) is 29.2. The van der Waals surface area contributed by atoms with Gasteiger partial charge in [0.15, 0.2) is 0 Å². The van der Waals surface area contributed by atoms with Crippen LogP contribution in [-0.2, 0) is 29.0 Å². The van der Waals surface area contributed by atoms with Gasteiger partial charge in [-0.15, -0.1) is 0 Å². The van der Waals surface area contributed by atoms with Crippen molar-refractivity contribution < 1.29 is 9.59 Å². The third-order valence-corrected chi connectivity index (χ3v) is 7.12. The van der Waals surface area contributed by atoms with Crippen LogP contribution in [0, 0.1) is 6.92 Å². The second-order valence-electron chi connectivity index (χ2n) is 9.47. The molecule has 0 saturated heterocycles. The van der Waals surface area contributed by atoms with E-state index in [1.165, 1.54) is 0 Å². The largest absolute Gasteiger partial charge is 0.352 e. The van der Waals surface area contributed by atoms with Gasteiger partial charge >= 0.3 is 0 Å². The number of nitrogens with one attached hydrogen (secondary N) is 1. The van der Waals surface area contributed by atoms with E-state index >= 15 is 0 Å². The van der Waals surface area contributed by atoms with Crippen LogP contribution in [0.3, 0.4) is 0 Å². The smallest absolute Gasteiger partial charge is 0.243 e. The summed E-state index contributed by atoms with van der Waals surface area (Å²) in [6.07, 6.45) is 4.92. The average Bonchev–Trinajstić information content (AvgIpc) is 3.37. The molecule has 0 aliphatic heterocycles. The van der Waals surface area contributed by atoms with Crippen molar-refractivity contribution in [1.29, 1.82) is 0 Å². The number of carbonyl (C=O) groups is 2. The molecule has 4 rings (SSSR count). The molecular weight excluding hydrogens is 456 g/mol. The first kappa shape index (κ1) is 25.0. The zero-order valence-electron chi connectivity index (χ0n) is 20.3. The molecule has 1 aliphatic carbocycles. The maximum Gasteiger partial charge on any atom is 0.243 e. The zero-order chi connectivity index (χ0) is 24.6. The monoisotopic (exact) mass is 488 g/mol. The molecule has 1 atom stereocenters. The normalized spacial score (nSPS) is 14.5. The van der Waals surface area contributed by atoms with E-state index in [0.717, 1.165) is 47.9 Å². The third-order valence-electron chi connectivity index (χ3n) is 6.75. The summed E-state index contributed by atoms with van der Waals surface area (Å²) < 4.78 is 0. The second-order valence-corrected chi connectivity index (χ2v) is 9.88. The van der Waals surface area contributed by atoms with Gasteiger partial charge in [-0.2, -0.15) is 0 Å². The first-order valence-corrected chi connectivity index (χ1v) is 12.8. The third kappa shape index (κ3) is 6.95. The molecule has 0 aromatic heterocycles. The van der Waals surface area contributed by atoms with Crippen LogP contribution in [0.4, 0.5) is 0 Å². The molecule has 0 radical (unpaired) electrons. The molecular formula is C30H33ClN2O2. The summed E-state index contributed by atoms with van der Waals surface area (Å²) >= 11 is 6.49. The van der Waals surface area contributed by atoms with Crippen molar-refractivity contribution in [1.82, 2.24) is 10.2 Å². The molecule has 1 unspecified atom stereocenters. The maximum absolute atomic E-state index is 13.8. The molecule has 2 amide bonds. The standard InChI is InChI=1S/C30H33ClN2O2/c1-22-15-17-24(18-16-22)20-29(34)33(21-25-11-5-8-14-27(25)31)28(19-23-9-3-2-4-10-23)30(35)32-26-12-6-7-13-26/h2-5,8-11,14-18,26,28H,6-7,12-13,19-21H2,1H3,(H,32,35). The number of hydrogen-bond acceptors (Lipinski definition) is 2. The Kier molecular flexibility index (Phi) is 8.59. The van der Waals surface area contributed by atoms with E-state index in [9.17, 15) is 9.59 Å². The van der Waals surface area contributed by atoms with Gasteiger partial charge in [-0.1, -0.05) is 103 Å². The second kappa shape index (κ2) is 12.0. The number of aryl methyl sites for hydroxylation is 1. The molecule has 0 bridgehead atoms. The van der Waals surface area contributed by atoms with Gasteiger partial charge in [-0.25, -0.2) is 0 Å². The van der Waals surface area contributed by atoms with Crippen molar-refractivity contribution in [2.75, 3.05) is 0 Å². The van der Waals surface area contributed by atoms with Gasteiger partial charge in [0, 0.05) is 24.0 Å². The van der Waals surface area contributed by atoms with Gasteiger partial charge < -0.3 is 10.2 Å². The minimum Gasteiger partial charge on any atom is -0.352 e. The minimum atomic E-state index is -0.632. The molecule has 4 nitrogen and oxygen atoms in total. The molecule has 1 saturated carbocycles. The van der Waals surface area contributed by atoms with Crippen molar-refractivity contribution in [3.63, 3.8) is 0 Å². The van der Waals surface area contributed by atoms with Gasteiger partial charge in [-0.3, -0.25) is 9.59 Å². The Labute approximate surface area is 213 Å². The van der Waals surface area contributed by atoms with Crippen molar-refractivity contribution in [3.05, 3.63) is 106 Å². The van der Waals surface area contributed by atoms with Crippen LogP contribution >= 0.6 is 11.6 Å². The highest BCUT2D eigenvalue weighted by atomic mass is 35.5. The first-order chi connectivity index (χ1) is 17.0. The highest BCUT2D eigenvalue weighted by Crippen LogP contribution is 2.23. The van der Waals surface area contributed by atoms with E-state index in [-0.39, 0.29) is 30.8 Å². The first-order valence-electron chi connectivity index (χ1n) is 12.4. The minimum absolute atomic E-state index is 0.0868. The summed E-state index contributed by atoms with van der Waals surface area (Å²) in [5.74, 6) is -0.179. The lowest BCUT2D eigenvalue weighted by Gasteiger charge is -2.32. The van der Waals surface area contributed by atoms with Crippen LogP contribution in [-0.4, -0.2) is 28.8 Å². The van der Waals surface area contributed by atoms with Crippen molar-refractivity contribution in [3.8, 4) is 0 Å². The van der Waals surface area contributed by atoms with Crippen LogP contribution in [0.2, 0.25) is 5.02 Å². The number of halogens is 1. The van der Waals surface area contributed by atoms with E-state index < -0.39 is 6.04 Å². The van der Waals surface area contributed by atoms with E-state index in [1.807, 2.05) is 85.8 Å². The summed E-state index contributed by atoms with van der Waals surface area (Å²) in [6.45, 7) is 2.30. The number of benzene rings is 3. The van der Waals surface area contributed by atoms with E-state index in [1.54, 1.807) is 4.90 Å². The molecule has 182 valence electrons. The van der Waals surface area contributed by atoms with Crippen molar-refractivity contribution in [2.24, 2.45) is 0 Å². The number of nitrogens with zero attached hydrogens (tertiary/aromatic N) is 1. The lowest BCUT2D eigenvalue weighted by Crippen LogP contribution is -2.52. The van der Waals surface area contributed by atoms with Crippen LogP contribution < -0.4 is 5.32 Å². The van der Waals surface area contributed by atoms with Gasteiger partial charge in [0.1, 0.15) is 6.04 Å². The lowest BCUT2D eigenvalue weighted by atomic mass is 10.0. The number of hydrogen-bond donors (Lipinski definition) is 1. The summed E-state index contributed by atoms with van der Waals surface area (Å²) in [7, 11) is 0. The van der Waals surface area contributed by atoms with Crippen LogP contribution in [0.25, 0.3) is 0 Å². The van der Waals surface area contributed by atoms with Crippen LogP contribution in [0.1, 0.15) is 47.9 Å². The Morgan fingerprint density at radius 3 is 2.26 bits per heavy atom. The predicted molar refractivity (Wildman–Crippen MR) is 141 cm³/mol. The maximum atomic E-state index is 13.8. The SMILES string of the molecule is Cc1ccc(CC(=O)N(Cc2ccccc2Cl)C(Cc2ccccc2)C(=O)NC2CCCC2)cc1. The number of amides is 2. The summed E-state index contributed by atoms with van der Waals surface area (Å²) in [6, 6.07) is 25.0. The topological polar surface area (TPSA) is 49.4 Å². The van der Waals surface area contributed by atoms with Crippen molar-refractivity contribution >= 4 is 23.4 Å². The van der Waals surface area contributed by atoms with Crippen LogP contribution in [0.5, 0.6) is 0 Å². The molecule has 1 fully saturated rings. The molecule has 0 spiro atoms. The average molecular weight is 489 g/mol. The fourth-order valence-electron chi connectivity index (χ4n) is 4.71. The van der Waals surface area contributed by atoms with Gasteiger partial charge in [0.2, 0.25) is 11.8 Å². The van der Waals surface area contributed by atoms with Gasteiger partial charge in [-0.05, 0) is 42.5 Å². The zero-order valence-corrected chi connectivity index (χ0v) is 21.0. The molecule has 3 aromatic rings. The van der Waals surface area contributed by atoms with E-state index in [0.29, 0.717) is 11.4 Å². The molecule has 35 heavy (non-hydrogen) atoms. The Morgan fingerprint density at radius 1 is 0.914 bits per heavy atom.